The fraction of sp³-hybridized carbons (Fsp3) is 0.781. The lowest BCUT2D eigenvalue weighted by Crippen LogP contribution is -2.61. The summed E-state index contributed by atoms with van der Waals surface area (Å²) in [5.74, 6) is -0.280. The van der Waals surface area contributed by atoms with Gasteiger partial charge < -0.3 is 31.1 Å². The number of aliphatic hydroxyl groups is 4. The van der Waals surface area contributed by atoms with Crippen LogP contribution in [0.5, 0.6) is 0 Å². The van der Waals surface area contributed by atoms with E-state index in [-0.39, 0.29) is 11.8 Å². The summed E-state index contributed by atoms with van der Waals surface area (Å²) in [6, 6.07) is -1.15. The van der Waals surface area contributed by atoms with E-state index in [1.807, 2.05) is 12.2 Å². The summed E-state index contributed by atoms with van der Waals surface area (Å²) in [6.45, 7) is 12.1. The molecule has 0 aromatic carbocycles. The number of amides is 2. The van der Waals surface area contributed by atoms with Gasteiger partial charge in [-0.25, -0.2) is 0 Å². The summed E-state index contributed by atoms with van der Waals surface area (Å²) in [7, 11) is 0. The van der Waals surface area contributed by atoms with Gasteiger partial charge in [0.2, 0.25) is 11.8 Å². The van der Waals surface area contributed by atoms with Crippen molar-refractivity contribution in [1.82, 2.24) is 20.4 Å². The lowest BCUT2D eigenvalue weighted by molar-refractivity contribution is -0.137. The van der Waals surface area contributed by atoms with E-state index in [1.165, 1.54) is 89.9 Å². The SMILES string of the molecule is CC/C=C\C/C=C\C/C=C\CC(O)CN(CCCCC1NC(=O)C(CCCCN(CC(O)C/C=C\C/C=C\C/C=C\CC)CC(O)CCCCCCCCCCC)NC1=O)CC(O)CCCCCCCCCCC. The number of nitrogens with zero attached hydrogens (tertiary/aromatic N) is 2. The van der Waals surface area contributed by atoms with E-state index in [0.717, 1.165) is 103 Å². The smallest absolute Gasteiger partial charge is 0.243 e. The Kier molecular flexibility index (Phi) is 47.6. The number of hydrogen-bond acceptors (Lipinski definition) is 8. The molecule has 0 saturated carbocycles. The van der Waals surface area contributed by atoms with Gasteiger partial charge in [0.05, 0.1) is 24.4 Å². The first-order valence-electron chi connectivity index (χ1n) is 30.8. The Morgan fingerprint density at radius 3 is 1.01 bits per heavy atom. The van der Waals surface area contributed by atoms with Crippen molar-refractivity contribution in [1.29, 1.82) is 0 Å². The maximum atomic E-state index is 13.3. The lowest BCUT2D eigenvalue weighted by atomic mass is 10.0. The highest BCUT2D eigenvalue weighted by Crippen LogP contribution is 2.17. The average Bonchev–Trinajstić information content (AvgIpc) is 3.37. The van der Waals surface area contributed by atoms with Crippen molar-refractivity contribution in [2.24, 2.45) is 0 Å². The Morgan fingerprint density at radius 1 is 0.378 bits per heavy atom. The van der Waals surface area contributed by atoms with Crippen LogP contribution in [0.15, 0.2) is 72.9 Å². The van der Waals surface area contributed by atoms with Gasteiger partial charge in [0.15, 0.2) is 0 Å². The number of carbonyl (C=O) groups excluding carboxylic acids is 2. The molecule has 74 heavy (non-hydrogen) atoms. The summed E-state index contributed by atoms with van der Waals surface area (Å²) >= 11 is 0. The molecule has 2 amide bonds. The fourth-order valence-corrected chi connectivity index (χ4v) is 9.79. The summed E-state index contributed by atoms with van der Waals surface area (Å²) in [6.07, 6.45) is 58.4. The Bertz CT molecular complexity index is 1370. The third-order valence-electron chi connectivity index (χ3n) is 14.2. The predicted octanol–water partition coefficient (Wildman–Crippen LogP) is 13.7. The van der Waals surface area contributed by atoms with Crippen LogP contribution in [0.25, 0.3) is 0 Å². The maximum absolute atomic E-state index is 13.3. The molecule has 1 aliphatic heterocycles. The molecule has 1 saturated heterocycles. The van der Waals surface area contributed by atoms with Crippen molar-refractivity contribution in [3.8, 4) is 0 Å². The largest absolute Gasteiger partial charge is 0.392 e. The van der Waals surface area contributed by atoms with Crippen LogP contribution in [0.3, 0.4) is 0 Å². The van der Waals surface area contributed by atoms with Crippen molar-refractivity contribution >= 4 is 11.8 Å². The molecule has 1 aliphatic rings. The summed E-state index contributed by atoms with van der Waals surface area (Å²) in [5.41, 5.74) is 0. The minimum absolute atomic E-state index is 0.140. The predicted molar refractivity (Wildman–Crippen MR) is 315 cm³/mol. The van der Waals surface area contributed by atoms with Gasteiger partial charge in [-0.3, -0.25) is 19.4 Å². The molecule has 428 valence electrons. The zero-order valence-electron chi connectivity index (χ0n) is 48.2. The van der Waals surface area contributed by atoms with Crippen LogP contribution in [-0.2, 0) is 9.59 Å². The van der Waals surface area contributed by atoms with Crippen molar-refractivity contribution in [2.75, 3.05) is 39.3 Å². The Balaban J connectivity index is 2.67. The van der Waals surface area contributed by atoms with Gasteiger partial charge in [-0.15, -0.1) is 0 Å². The minimum Gasteiger partial charge on any atom is -0.392 e. The van der Waals surface area contributed by atoms with E-state index < -0.39 is 36.5 Å². The van der Waals surface area contributed by atoms with Crippen molar-refractivity contribution in [3.63, 3.8) is 0 Å². The standard InChI is InChI=1S/C64H116N4O6/c1-5-9-13-17-21-25-29-33-37-45-57(69)53-67(54-58(70)46-38-34-30-26-22-18-14-10-6-2)51-43-41-49-61-63(73)66-62(64(74)65-61)50-42-44-52-68(55-59(71)47-39-35-31-27-23-19-15-11-7-3)56-60(72)48-40-36-32-28-24-20-16-12-8-4/h9,11,13,15,21,23,25,27,33,35,37,39,57-62,69-72H,5-8,10,12,14,16-20,22,24,26,28-32,34,36,38,40-56H2,1-4H3,(H,65,74)(H,66,73)/b13-9-,15-11-,25-21-,27-23-,37-33-,39-35-. The van der Waals surface area contributed by atoms with E-state index in [2.05, 4.69) is 109 Å². The first kappa shape index (κ1) is 69.2. The third-order valence-corrected chi connectivity index (χ3v) is 14.2. The van der Waals surface area contributed by atoms with Gasteiger partial charge in [0, 0.05) is 26.2 Å². The van der Waals surface area contributed by atoms with Gasteiger partial charge >= 0.3 is 0 Å². The topological polar surface area (TPSA) is 146 Å². The Hall–Kier alpha value is -2.86. The number of aliphatic hydroxyl groups excluding tert-OH is 4. The maximum Gasteiger partial charge on any atom is 0.243 e. The summed E-state index contributed by atoms with van der Waals surface area (Å²) < 4.78 is 0. The molecular formula is C64H116N4O6. The van der Waals surface area contributed by atoms with Crippen molar-refractivity contribution in [3.05, 3.63) is 72.9 Å². The molecule has 0 aliphatic carbocycles. The fourth-order valence-electron chi connectivity index (χ4n) is 9.79. The number of nitrogens with one attached hydrogen (secondary N) is 2. The van der Waals surface area contributed by atoms with Crippen LogP contribution in [-0.4, -0.2) is 118 Å². The number of allylic oxidation sites excluding steroid dienone is 10. The molecule has 0 radical (unpaired) electrons. The second kappa shape index (κ2) is 50.9. The number of carbonyl (C=O) groups is 2. The van der Waals surface area contributed by atoms with E-state index in [4.69, 9.17) is 0 Å². The minimum atomic E-state index is -0.575. The molecule has 1 fully saturated rings. The molecule has 6 N–H and O–H groups in total. The highest BCUT2D eigenvalue weighted by molar-refractivity contribution is 5.96. The summed E-state index contributed by atoms with van der Waals surface area (Å²) in [5, 5.41) is 50.2. The molecule has 0 aromatic rings. The first-order valence-corrected chi connectivity index (χ1v) is 30.8. The Labute approximate surface area is 455 Å². The number of unbranched alkanes of at least 4 members (excludes halogenated alkanes) is 18. The van der Waals surface area contributed by atoms with Gasteiger partial charge in [0.1, 0.15) is 12.1 Å². The molecule has 6 unspecified atom stereocenters. The highest BCUT2D eigenvalue weighted by Gasteiger charge is 2.33. The van der Waals surface area contributed by atoms with Gasteiger partial charge in [-0.2, -0.15) is 0 Å². The Morgan fingerprint density at radius 2 is 0.676 bits per heavy atom. The van der Waals surface area contributed by atoms with E-state index in [0.29, 0.717) is 65.0 Å². The second-order valence-corrected chi connectivity index (χ2v) is 21.5. The molecule has 6 atom stereocenters. The van der Waals surface area contributed by atoms with Crippen LogP contribution in [0.2, 0.25) is 0 Å². The van der Waals surface area contributed by atoms with E-state index in [9.17, 15) is 30.0 Å². The molecule has 0 aromatic heterocycles. The zero-order chi connectivity index (χ0) is 54.0. The average molecular weight is 1040 g/mol. The first-order chi connectivity index (χ1) is 36.1. The van der Waals surface area contributed by atoms with Crippen LogP contribution in [0.1, 0.15) is 246 Å². The van der Waals surface area contributed by atoms with Crippen LogP contribution in [0.4, 0.5) is 0 Å². The van der Waals surface area contributed by atoms with Crippen molar-refractivity contribution < 1.29 is 30.0 Å². The molecular weight excluding hydrogens is 921 g/mol. The number of hydrogen-bond donors (Lipinski definition) is 6. The monoisotopic (exact) mass is 1040 g/mol. The van der Waals surface area contributed by atoms with Crippen LogP contribution >= 0.6 is 0 Å². The normalized spacial score (nSPS) is 17.4. The van der Waals surface area contributed by atoms with E-state index in [1.54, 1.807) is 0 Å². The van der Waals surface area contributed by atoms with Crippen LogP contribution < -0.4 is 10.6 Å². The second-order valence-electron chi connectivity index (χ2n) is 21.5. The summed E-state index contributed by atoms with van der Waals surface area (Å²) in [4.78, 5) is 31.0. The molecule has 10 nitrogen and oxygen atoms in total. The molecule has 1 rings (SSSR count). The lowest BCUT2D eigenvalue weighted by Gasteiger charge is -2.31. The molecule has 1 heterocycles. The van der Waals surface area contributed by atoms with Gasteiger partial charge in [-0.05, 0) is 116 Å². The van der Waals surface area contributed by atoms with Gasteiger partial charge in [0.25, 0.3) is 0 Å². The zero-order valence-corrected chi connectivity index (χ0v) is 48.2. The highest BCUT2D eigenvalue weighted by atomic mass is 16.3. The van der Waals surface area contributed by atoms with Crippen LogP contribution in [0, 0.1) is 0 Å². The van der Waals surface area contributed by atoms with Gasteiger partial charge in [-0.1, -0.05) is 216 Å². The quantitative estimate of drug-likeness (QED) is 0.0261. The molecule has 0 bridgehead atoms. The molecule has 0 spiro atoms. The molecule has 10 heteroatoms. The number of piperazine rings is 1. The number of rotatable bonds is 52. The van der Waals surface area contributed by atoms with E-state index >= 15 is 0 Å². The van der Waals surface area contributed by atoms with Crippen molar-refractivity contribution in [2.45, 2.75) is 283 Å². The third kappa shape index (κ3) is 42.3.